The molecule has 0 spiro atoms. The number of Topliss-reactive ketones (excluding diaryl/α,β-unsaturated/α-hetero) is 3. The van der Waals surface area contributed by atoms with E-state index in [0.29, 0.717) is 37.5 Å². The van der Waals surface area contributed by atoms with Crippen LogP contribution in [0.3, 0.4) is 0 Å². The Morgan fingerprint density at radius 3 is 1.93 bits per heavy atom. The van der Waals surface area contributed by atoms with Crippen LogP contribution in [0.5, 0.6) is 0 Å². The van der Waals surface area contributed by atoms with Crippen molar-refractivity contribution in [1.29, 1.82) is 0 Å². The molecule has 0 heterocycles. The van der Waals surface area contributed by atoms with Gasteiger partial charge in [-0.1, -0.05) is 48.0 Å². The van der Waals surface area contributed by atoms with E-state index in [-0.39, 0.29) is 18.8 Å². The van der Waals surface area contributed by atoms with Gasteiger partial charge in [0.1, 0.15) is 5.92 Å². The summed E-state index contributed by atoms with van der Waals surface area (Å²) >= 11 is 0. The summed E-state index contributed by atoms with van der Waals surface area (Å²) in [5.74, 6) is -3.24. The molecule has 0 aliphatic heterocycles. The molecule has 1 saturated carbocycles. The Morgan fingerprint density at radius 2 is 1.44 bits per heavy atom. The van der Waals surface area contributed by atoms with E-state index in [0.717, 1.165) is 0 Å². The Bertz CT molecular complexity index is 537. The van der Waals surface area contributed by atoms with Gasteiger partial charge >= 0.3 is 0 Å². The maximum absolute atomic E-state index is 13.0. The van der Waals surface area contributed by atoms with Crippen LogP contribution in [-0.2, 0) is 14.4 Å². The van der Waals surface area contributed by atoms with Gasteiger partial charge in [-0.2, -0.15) is 0 Å². The van der Waals surface area contributed by atoms with Gasteiger partial charge in [0.15, 0.2) is 23.0 Å². The zero-order valence-electron chi connectivity index (χ0n) is 17.8. The van der Waals surface area contributed by atoms with Gasteiger partial charge in [-0.05, 0) is 43.4 Å². The van der Waals surface area contributed by atoms with Crippen molar-refractivity contribution in [3.63, 3.8) is 0 Å². The Morgan fingerprint density at radius 1 is 0.926 bits per heavy atom. The van der Waals surface area contributed by atoms with Crippen LogP contribution in [0.2, 0.25) is 0 Å². The average molecular weight is 383 g/mol. The molecule has 1 aliphatic rings. The molecule has 0 aromatic carbocycles. The maximum atomic E-state index is 13.0. The van der Waals surface area contributed by atoms with Crippen LogP contribution in [-0.4, -0.2) is 39.3 Å². The number of aliphatic hydroxyl groups excluding tert-OH is 1. The largest absolute Gasteiger partial charge is 0.390 e. The zero-order valence-corrected chi connectivity index (χ0v) is 17.8. The number of aliphatic hydroxyl groups is 2. The normalized spacial score (nSPS) is 27.2. The number of hydrogen-bond acceptors (Lipinski definition) is 5. The second kappa shape index (κ2) is 9.92. The van der Waals surface area contributed by atoms with E-state index < -0.39 is 40.9 Å². The van der Waals surface area contributed by atoms with Gasteiger partial charge in [-0.15, -0.1) is 0 Å². The summed E-state index contributed by atoms with van der Waals surface area (Å²) in [5, 5.41) is 21.9. The number of hydrogen-bond donors (Lipinski definition) is 2. The summed E-state index contributed by atoms with van der Waals surface area (Å²) in [6, 6.07) is 0. The van der Waals surface area contributed by atoms with Crippen molar-refractivity contribution in [3.05, 3.63) is 0 Å². The summed E-state index contributed by atoms with van der Waals surface area (Å²) in [6.07, 6.45) is 1.25. The number of ketones is 3. The number of carbonyl (C=O) groups excluding carboxylic acids is 3. The smallest absolute Gasteiger partial charge is 0.185 e. The van der Waals surface area contributed by atoms with E-state index in [1.165, 1.54) is 0 Å². The Kier molecular flexibility index (Phi) is 8.81. The molecule has 5 nitrogen and oxygen atoms in total. The first kappa shape index (κ1) is 24.0. The molecule has 4 atom stereocenters. The first-order valence-corrected chi connectivity index (χ1v) is 10.4. The van der Waals surface area contributed by atoms with Gasteiger partial charge in [-0.25, -0.2) is 0 Å². The summed E-state index contributed by atoms with van der Waals surface area (Å²) in [7, 11) is 0. The highest BCUT2D eigenvalue weighted by Gasteiger charge is 2.63. The number of carbonyl (C=O) groups is 3. The van der Waals surface area contributed by atoms with E-state index in [1.807, 2.05) is 41.5 Å². The van der Waals surface area contributed by atoms with Crippen molar-refractivity contribution < 1.29 is 24.6 Å². The summed E-state index contributed by atoms with van der Waals surface area (Å²) in [4.78, 5) is 38.6. The van der Waals surface area contributed by atoms with E-state index >= 15 is 0 Å². The Hall–Kier alpha value is -1.07. The standard InChI is InChI=1S/C22H38O5/c1-13(2)7-10-16-20(25)19(17(23)11-8-14(3)4)21(26)22(16,27)18(24)12-9-15(5)6/h13-16,18-19,24,27H,7-12H2,1-6H3/t16-,18?,19?,22?/m1/s1. The van der Waals surface area contributed by atoms with Crippen LogP contribution in [0.15, 0.2) is 0 Å². The Labute approximate surface area is 163 Å². The minimum Gasteiger partial charge on any atom is -0.390 e. The third kappa shape index (κ3) is 5.71. The lowest BCUT2D eigenvalue weighted by atomic mass is 9.78. The lowest BCUT2D eigenvalue weighted by Crippen LogP contribution is -2.52. The minimum atomic E-state index is -2.14. The van der Waals surface area contributed by atoms with E-state index in [1.54, 1.807) is 0 Å². The van der Waals surface area contributed by atoms with Crippen LogP contribution < -0.4 is 0 Å². The highest BCUT2D eigenvalue weighted by Crippen LogP contribution is 2.42. The molecule has 5 heteroatoms. The zero-order chi connectivity index (χ0) is 20.9. The van der Waals surface area contributed by atoms with Crippen LogP contribution in [0.25, 0.3) is 0 Å². The molecule has 156 valence electrons. The van der Waals surface area contributed by atoms with E-state index in [2.05, 4.69) is 0 Å². The van der Waals surface area contributed by atoms with Gasteiger partial charge in [0.25, 0.3) is 0 Å². The highest BCUT2D eigenvalue weighted by molar-refractivity contribution is 6.27. The molecule has 0 amide bonds. The van der Waals surface area contributed by atoms with Gasteiger partial charge < -0.3 is 10.2 Å². The van der Waals surface area contributed by atoms with E-state index in [9.17, 15) is 24.6 Å². The fraction of sp³-hybridized carbons (Fsp3) is 0.864. The van der Waals surface area contributed by atoms with Crippen molar-refractivity contribution in [2.75, 3.05) is 0 Å². The minimum absolute atomic E-state index is 0.148. The average Bonchev–Trinajstić information content (AvgIpc) is 2.75. The highest BCUT2D eigenvalue weighted by atomic mass is 16.4. The predicted molar refractivity (Wildman–Crippen MR) is 105 cm³/mol. The van der Waals surface area contributed by atoms with Gasteiger partial charge in [0, 0.05) is 6.42 Å². The predicted octanol–water partition coefficient (Wildman–Crippen LogP) is 3.34. The van der Waals surface area contributed by atoms with Crippen molar-refractivity contribution in [3.8, 4) is 0 Å². The second-order valence-electron chi connectivity index (χ2n) is 9.43. The van der Waals surface area contributed by atoms with Gasteiger partial charge in [0.2, 0.25) is 0 Å². The molecule has 0 aromatic heterocycles. The molecule has 27 heavy (non-hydrogen) atoms. The van der Waals surface area contributed by atoms with E-state index in [4.69, 9.17) is 0 Å². The lowest BCUT2D eigenvalue weighted by molar-refractivity contribution is -0.157. The van der Waals surface area contributed by atoms with Crippen LogP contribution >= 0.6 is 0 Å². The summed E-state index contributed by atoms with van der Waals surface area (Å²) < 4.78 is 0. The molecule has 1 rings (SSSR count). The van der Waals surface area contributed by atoms with Gasteiger partial charge in [-0.3, -0.25) is 14.4 Å². The molecule has 0 aromatic rings. The third-order valence-electron chi connectivity index (χ3n) is 5.66. The molecule has 2 N–H and O–H groups in total. The lowest BCUT2D eigenvalue weighted by Gasteiger charge is -2.33. The third-order valence-corrected chi connectivity index (χ3v) is 5.66. The van der Waals surface area contributed by atoms with Gasteiger partial charge in [0.05, 0.1) is 12.0 Å². The Balaban J connectivity index is 3.12. The van der Waals surface area contributed by atoms with Crippen molar-refractivity contribution in [2.45, 2.75) is 91.8 Å². The quantitative estimate of drug-likeness (QED) is 0.535. The summed E-state index contributed by atoms with van der Waals surface area (Å²) in [5.41, 5.74) is -2.14. The number of rotatable bonds is 11. The molecule has 3 unspecified atom stereocenters. The molecule has 0 bridgehead atoms. The van der Waals surface area contributed by atoms with Crippen molar-refractivity contribution in [1.82, 2.24) is 0 Å². The monoisotopic (exact) mass is 382 g/mol. The van der Waals surface area contributed by atoms with Crippen LogP contribution in [0.1, 0.15) is 80.1 Å². The molecule has 0 saturated heterocycles. The van der Waals surface area contributed by atoms with Crippen molar-refractivity contribution in [2.24, 2.45) is 29.6 Å². The maximum Gasteiger partial charge on any atom is 0.185 e. The molecule has 1 aliphatic carbocycles. The first-order chi connectivity index (χ1) is 12.4. The van der Waals surface area contributed by atoms with Crippen LogP contribution in [0.4, 0.5) is 0 Å². The molecular weight excluding hydrogens is 344 g/mol. The van der Waals surface area contributed by atoms with Crippen molar-refractivity contribution >= 4 is 17.3 Å². The second-order valence-corrected chi connectivity index (χ2v) is 9.43. The first-order valence-electron chi connectivity index (χ1n) is 10.4. The SMILES string of the molecule is CC(C)CCC(=O)C1C(=O)[C@@H](CCC(C)C)C(O)(C(O)CCC(C)C)C1=O. The van der Waals surface area contributed by atoms with Crippen LogP contribution in [0, 0.1) is 29.6 Å². The fourth-order valence-electron chi connectivity index (χ4n) is 3.80. The fourth-order valence-corrected chi connectivity index (χ4v) is 3.80. The summed E-state index contributed by atoms with van der Waals surface area (Å²) in [6.45, 7) is 11.9. The molecule has 1 fully saturated rings. The molecule has 0 radical (unpaired) electrons. The molecular formula is C22H38O5. The topological polar surface area (TPSA) is 91.7 Å².